The van der Waals surface area contributed by atoms with Gasteiger partial charge in [0.15, 0.2) is 0 Å². The Morgan fingerprint density at radius 3 is 2.65 bits per heavy atom. The molecule has 31 heavy (non-hydrogen) atoms. The van der Waals surface area contributed by atoms with Gasteiger partial charge in [0.05, 0.1) is 18.4 Å². The molecule has 1 aromatic carbocycles. The molecule has 7 nitrogen and oxygen atoms in total. The van der Waals surface area contributed by atoms with Crippen LogP contribution in [0.3, 0.4) is 0 Å². The topological polar surface area (TPSA) is 89.6 Å². The number of hydrogen-bond donors (Lipinski definition) is 2. The summed E-state index contributed by atoms with van der Waals surface area (Å²) in [5.41, 5.74) is 0.650. The molecule has 0 saturated carbocycles. The van der Waals surface area contributed by atoms with Gasteiger partial charge in [-0.3, -0.25) is 9.59 Å². The fraction of sp³-hybridized carbons (Fsp3) is 0.458. The molecule has 2 N–H and O–H groups in total. The van der Waals surface area contributed by atoms with Crippen LogP contribution in [0.25, 0.3) is 0 Å². The van der Waals surface area contributed by atoms with E-state index in [-0.39, 0.29) is 30.3 Å². The molecule has 0 spiro atoms. The second-order valence-electron chi connectivity index (χ2n) is 8.78. The lowest BCUT2D eigenvalue weighted by Crippen LogP contribution is -2.31. The van der Waals surface area contributed by atoms with Crippen molar-refractivity contribution in [2.75, 3.05) is 18.5 Å². The number of carbonyl (C=O) groups is 2. The lowest BCUT2D eigenvalue weighted by atomic mass is 10.0. The maximum Gasteiger partial charge on any atom is 0.307 e. The van der Waals surface area contributed by atoms with Crippen LogP contribution in [-0.2, 0) is 20.7 Å². The zero-order valence-electron chi connectivity index (χ0n) is 18.4. The van der Waals surface area contributed by atoms with Gasteiger partial charge < -0.3 is 20.1 Å². The SMILES string of the molecule is CC(C)(C)OC(=O)C[C@@H]1C[C@@H](COc2ccc(CCNc3ccccn3)cc2)NC1=O. The first kappa shape index (κ1) is 22.6. The van der Waals surface area contributed by atoms with Gasteiger partial charge in [-0.25, -0.2) is 4.98 Å². The third-order valence-electron chi connectivity index (χ3n) is 4.88. The number of hydrogen-bond acceptors (Lipinski definition) is 6. The number of nitrogens with zero attached hydrogens (tertiary/aromatic N) is 1. The van der Waals surface area contributed by atoms with Crippen LogP contribution in [0, 0.1) is 5.92 Å². The Hall–Kier alpha value is -3.09. The van der Waals surface area contributed by atoms with E-state index in [1.807, 2.05) is 63.2 Å². The molecule has 0 radical (unpaired) electrons. The van der Waals surface area contributed by atoms with Gasteiger partial charge in [-0.1, -0.05) is 18.2 Å². The molecule has 2 heterocycles. The number of esters is 1. The predicted octanol–water partition coefficient (Wildman–Crippen LogP) is 3.35. The zero-order chi connectivity index (χ0) is 22.3. The molecule has 3 rings (SSSR count). The first-order chi connectivity index (χ1) is 14.8. The summed E-state index contributed by atoms with van der Waals surface area (Å²) < 4.78 is 11.2. The van der Waals surface area contributed by atoms with Gasteiger partial charge in [-0.2, -0.15) is 0 Å². The molecule has 7 heteroatoms. The largest absolute Gasteiger partial charge is 0.491 e. The van der Waals surface area contributed by atoms with Crippen molar-refractivity contribution in [1.82, 2.24) is 10.3 Å². The van der Waals surface area contributed by atoms with Crippen LogP contribution in [0.4, 0.5) is 5.82 Å². The predicted molar refractivity (Wildman–Crippen MR) is 119 cm³/mol. The van der Waals surface area contributed by atoms with Gasteiger partial charge in [0, 0.05) is 12.7 Å². The Kier molecular flexibility index (Phi) is 7.50. The van der Waals surface area contributed by atoms with Crippen molar-refractivity contribution in [1.29, 1.82) is 0 Å². The van der Waals surface area contributed by atoms with Crippen molar-refractivity contribution < 1.29 is 19.1 Å². The van der Waals surface area contributed by atoms with Crippen molar-refractivity contribution in [3.8, 4) is 5.75 Å². The second kappa shape index (κ2) is 10.3. The molecule has 1 saturated heterocycles. The van der Waals surface area contributed by atoms with Crippen LogP contribution in [-0.4, -0.2) is 41.7 Å². The van der Waals surface area contributed by atoms with E-state index >= 15 is 0 Å². The van der Waals surface area contributed by atoms with Gasteiger partial charge in [0.25, 0.3) is 0 Å². The van der Waals surface area contributed by atoms with Crippen molar-refractivity contribution in [2.45, 2.75) is 51.7 Å². The molecule has 1 aliphatic rings. The van der Waals surface area contributed by atoms with Crippen LogP contribution < -0.4 is 15.4 Å². The van der Waals surface area contributed by atoms with Gasteiger partial charge >= 0.3 is 5.97 Å². The first-order valence-corrected chi connectivity index (χ1v) is 10.7. The van der Waals surface area contributed by atoms with E-state index in [2.05, 4.69) is 15.6 Å². The summed E-state index contributed by atoms with van der Waals surface area (Å²) in [6.07, 6.45) is 3.30. The standard InChI is InChI=1S/C24H31N3O4/c1-24(2,3)31-22(28)15-18-14-19(27-23(18)29)16-30-20-9-7-17(8-10-20)11-13-26-21-6-4-5-12-25-21/h4-10,12,18-19H,11,13-16H2,1-3H3,(H,25,26)(H,27,29)/t18-,19-/m0/s1. The first-order valence-electron chi connectivity index (χ1n) is 10.7. The summed E-state index contributed by atoms with van der Waals surface area (Å²) >= 11 is 0. The summed E-state index contributed by atoms with van der Waals surface area (Å²) in [6.45, 7) is 6.62. The highest BCUT2D eigenvalue weighted by Gasteiger charge is 2.35. The third kappa shape index (κ3) is 7.59. The summed E-state index contributed by atoms with van der Waals surface area (Å²) in [7, 11) is 0. The molecule has 1 aromatic heterocycles. The van der Waals surface area contributed by atoms with Crippen molar-refractivity contribution >= 4 is 17.7 Å². The van der Waals surface area contributed by atoms with Crippen molar-refractivity contribution in [3.63, 3.8) is 0 Å². The van der Waals surface area contributed by atoms with Crippen LogP contribution >= 0.6 is 0 Å². The Morgan fingerprint density at radius 2 is 1.97 bits per heavy atom. The number of amides is 1. The Labute approximate surface area is 183 Å². The number of pyridine rings is 1. The number of rotatable bonds is 9. The molecule has 1 aliphatic heterocycles. The van der Waals surface area contributed by atoms with Gasteiger partial charge in [-0.05, 0) is 63.4 Å². The minimum absolute atomic E-state index is 0.0981. The highest BCUT2D eigenvalue weighted by molar-refractivity contribution is 5.85. The maximum atomic E-state index is 12.2. The monoisotopic (exact) mass is 425 g/mol. The summed E-state index contributed by atoms with van der Waals surface area (Å²) in [5, 5.41) is 6.20. The van der Waals surface area contributed by atoms with Crippen molar-refractivity contribution in [2.24, 2.45) is 5.92 Å². The summed E-state index contributed by atoms with van der Waals surface area (Å²) in [4.78, 5) is 28.4. The number of benzene rings is 1. The van der Waals surface area contributed by atoms with E-state index in [4.69, 9.17) is 9.47 Å². The van der Waals surface area contributed by atoms with E-state index < -0.39 is 5.60 Å². The average molecular weight is 426 g/mol. The van der Waals surface area contributed by atoms with E-state index in [1.165, 1.54) is 5.56 Å². The molecule has 0 unspecified atom stereocenters. The van der Waals surface area contributed by atoms with Gasteiger partial charge in [0.1, 0.15) is 23.8 Å². The minimum Gasteiger partial charge on any atom is -0.491 e. The number of ether oxygens (including phenoxy) is 2. The molecule has 0 bridgehead atoms. The zero-order valence-corrected chi connectivity index (χ0v) is 18.4. The van der Waals surface area contributed by atoms with Gasteiger partial charge in [0.2, 0.25) is 5.91 Å². The lowest BCUT2D eigenvalue weighted by molar-refractivity contribution is -0.156. The Balaban J connectivity index is 1.39. The molecule has 0 aliphatic carbocycles. The average Bonchev–Trinajstić information content (AvgIpc) is 3.06. The lowest BCUT2D eigenvalue weighted by Gasteiger charge is -2.20. The van der Waals surface area contributed by atoms with Crippen LogP contribution in [0.1, 0.15) is 39.2 Å². The Morgan fingerprint density at radius 1 is 1.19 bits per heavy atom. The maximum absolute atomic E-state index is 12.2. The highest BCUT2D eigenvalue weighted by atomic mass is 16.6. The van der Waals surface area contributed by atoms with E-state index in [9.17, 15) is 9.59 Å². The minimum atomic E-state index is -0.546. The summed E-state index contributed by atoms with van der Waals surface area (Å²) in [5.74, 6) is 0.798. The fourth-order valence-electron chi connectivity index (χ4n) is 3.45. The van der Waals surface area contributed by atoms with Crippen LogP contribution in [0.5, 0.6) is 5.75 Å². The van der Waals surface area contributed by atoms with Crippen LogP contribution in [0.15, 0.2) is 48.7 Å². The molecule has 1 fully saturated rings. The molecule has 2 aromatic rings. The quantitative estimate of drug-likeness (QED) is 0.599. The molecule has 2 atom stereocenters. The molecular weight excluding hydrogens is 394 g/mol. The fourth-order valence-corrected chi connectivity index (χ4v) is 3.45. The Bertz CT molecular complexity index is 863. The van der Waals surface area contributed by atoms with E-state index in [1.54, 1.807) is 6.20 Å². The van der Waals surface area contributed by atoms with E-state index in [0.717, 1.165) is 24.5 Å². The third-order valence-corrected chi connectivity index (χ3v) is 4.88. The molecule has 166 valence electrons. The molecular formula is C24H31N3O4. The van der Waals surface area contributed by atoms with Crippen LogP contribution in [0.2, 0.25) is 0 Å². The number of aromatic nitrogens is 1. The number of anilines is 1. The molecule has 1 amide bonds. The van der Waals surface area contributed by atoms with E-state index in [0.29, 0.717) is 13.0 Å². The summed E-state index contributed by atoms with van der Waals surface area (Å²) in [6, 6.07) is 13.6. The number of nitrogens with one attached hydrogen (secondary N) is 2. The highest BCUT2D eigenvalue weighted by Crippen LogP contribution is 2.22. The second-order valence-corrected chi connectivity index (χ2v) is 8.78. The van der Waals surface area contributed by atoms with Crippen molar-refractivity contribution in [3.05, 3.63) is 54.2 Å². The number of carbonyl (C=O) groups excluding carboxylic acids is 2. The normalized spacial score (nSPS) is 18.4. The smallest absolute Gasteiger partial charge is 0.307 e. The van der Waals surface area contributed by atoms with Gasteiger partial charge in [-0.15, -0.1) is 0 Å².